The molecule has 3 aliphatic rings. The van der Waals surface area contributed by atoms with Gasteiger partial charge in [0.05, 0.1) is 17.7 Å². The maximum Gasteiger partial charge on any atom is 0.387 e. The first-order chi connectivity index (χ1) is 14.2. The van der Waals surface area contributed by atoms with E-state index in [4.69, 9.17) is 0 Å². The molecule has 166 valence electrons. The van der Waals surface area contributed by atoms with Crippen molar-refractivity contribution in [2.24, 2.45) is 0 Å². The van der Waals surface area contributed by atoms with Gasteiger partial charge in [0, 0.05) is 17.8 Å². The molecule has 30 heavy (non-hydrogen) atoms. The van der Waals surface area contributed by atoms with Crippen molar-refractivity contribution in [3.63, 3.8) is 0 Å². The highest BCUT2D eigenvalue weighted by Crippen LogP contribution is 2.41. The largest absolute Gasteiger partial charge is 0.434 e. The Labute approximate surface area is 173 Å². The van der Waals surface area contributed by atoms with Crippen molar-refractivity contribution in [1.82, 2.24) is 9.97 Å². The highest BCUT2D eigenvalue weighted by atomic mass is 19.3. The lowest BCUT2D eigenvalue weighted by Crippen LogP contribution is -2.54. The summed E-state index contributed by atoms with van der Waals surface area (Å²) < 4.78 is 30.3. The lowest BCUT2D eigenvalue weighted by Gasteiger charge is -2.42. The third kappa shape index (κ3) is 4.21. The smallest absolute Gasteiger partial charge is 0.387 e. The molecule has 1 aromatic heterocycles. The fourth-order valence-electron chi connectivity index (χ4n) is 4.73. The second kappa shape index (κ2) is 8.24. The molecule has 1 aromatic rings. The van der Waals surface area contributed by atoms with E-state index < -0.39 is 24.5 Å². The van der Waals surface area contributed by atoms with Crippen LogP contribution in [0, 0.1) is 0 Å². The second-order valence-electron chi connectivity index (χ2n) is 8.59. The van der Waals surface area contributed by atoms with Crippen molar-refractivity contribution in [3.05, 3.63) is 17.5 Å². The molecule has 1 aliphatic heterocycles. The van der Waals surface area contributed by atoms with Gasteiger partial charge in [-0.2, -0.15) is 13.8 Å². The molecule has 0 amide bonds. The van der Waals surface area contributed by atoms with Crippen molar-refractivity contribution in [2.75, 3.05) is 10.2 Å². The van der Waals surface area contributed by atoms with Crippen LogP contribution in [0.15, 0.2) is 12.0 Å². The average molecular weight is 426 g/mol. The lowest BCUT2D eigenvalue weighted by molar-refractivity contribution is -0.112. The number of rotatable bonds is 5. The van der Waals surface area contributed by atoms with Crippen molar-refractivity contribution < 1.29 is 28.8 Å². The Balaban J connectivity index is 1.66. The number of aromatic nitrogens is 2. The summed E-state index contributed by atoms with van der Waals surface area (Å²) in [4.78, 5) is 10.3. The minimum absolute atomic E-state index is 0.122. The average Bonchev–Trinajstić information content (AvgIpc) is 3.03. The molecule has 4 N–H and O–H groups in total. The van der Waals surface area contributed by atoms with Crippen LogP contribution in [0.1, 0.15) is 57.4 Å². The van der Waals surface area contributed by atoms with Crippen LogP contribution in [0.25, 0.3) is 6.08 Å². The number of hydrogen-bond acceptors (Lipinski definition) is 8. The van der Waals surface area contributed by atoms with Gasteiger partial charge in [-0.15, -0.1) is 0 Å². The zero-order valence-corrected chi connectivity index (χ0v) is 16.8. The summed E-state index contributed by atoms with van der Waals surface area (Å²) in [7, 11) is 0. The van der Waals surface area contributed by atoms with E-state index in [2.05, 4.69) is 20.0 Å². The predicted octanol–water partition coefficient (Wildman–Crippen LogP) is 2.21. The van der Waals surface area contributed by atoms with Gasteiger partial charge in [-0.25, -0.2) is 4.98 Å². The van der Waals surface area contributed by atoms with E-state index in [0.29, 0.717) is 43.0 Å². The molecular weight excluding hydrogens is 398 g/mol. The number of aliphatic hydroxyl groups excluding tert-OH is 2. The van der Waals surface area contributed by atoms with Crippen LogP contribution in [-0.4, -0.2) is 61.9 Å². The first kappa shape index (κ1) is 21.2. The quantitative estimate of drug-likeness (QED) is 0.567. The van der Waals surface area contributed by atoms with Gasteiger partial charge in [-0.1, -0.05) is 0 Å². The summed E-state index contributed by atoms with van der Waals surface area (Å²) >= 11 is 0. The van der Waals surface area contributed by atoms with Gasteiger partial charge in [-0.3, -0.25) is 0 Å². The third-order valence-corrected chi connectivity index (χ3v) is 6.33. The van der Waals surface area contributed by atoms with E-state index in [9.17, 15) is 24.1 Å². The maximum atomic E-state index is 12.9. The van der Waals surface area contributed by atoms with E-state index in [1.807, 2.05) is 0 Å². The molecule has 0 bridgehead atoms. The van der Waals surface area contributed by atoms with Gasteiger partial charge in [-0.05, 0) is 57.9 Å². The predicted molar refractivity (Wildman–Crippen MR) is 106 cm³/mol. The van der Waals surface area contributed by atoms with E-state index in [-0.39, 0.29) is 17.9 Å². The normalized spacial score (nSPS) is 34.0. The van der Waals surface area contributed by atoms with Crippen LogP contribution in [0.4, 0.5) is 20.5 Å². The number of fused-ring (bicyclic) bond motifs is 1. The lowest BCUT2D eigenvalue weighted by atomic mass is 9.93. The Morgan fingerprint density at radius 2 is 1.97 bits per heavy atom. The first-order valence-electron chi connectivity index (χ1n) is 10.4. The van der Waals surface area contributed by atoms with E-state index >= 15 is 0 Å². The van der Waals surface area contributed by atoms with E-state index in [0.717, 1.165) is 19.3 Å². The molecule has 8 nitrogen and oxygen atoms in total. The molecule has 0 spiro atoms. The molecule has 4 rings (SSSR count). The number of anilines is 2. The van der Waals surface area contributed by atoms with Crippen LogP contribution >= 0.6 is 0 Å². The zero-order chi connectivity index (χ0) is 21.5. The van der Waals surface area contributed by atoms with Crippen molar-refractivity contribution in [2.45, 2.75) is 88.5 Å². The number of nitrogens with zero attached hydrogens (tertiary/aromatic N) is 3. The molecular formula is C20H28F2N4O4. The van der Waals surface area contributed by atoms with Gasteiger partial charge in [0.25, 0.3) is 0 Å². The SMILES string of the molecule is C[C@@]1(O)CCC[C@H]1N1c2nc(NC3CCC(O)CC3)ncc2C=C(OC(F)F)C1O. The van der Waals surface area contributed by atoms with Crippen molar-refractivity contribution in [1.29, 1.82) is 0 Å². The summed E-state index contributed by atoms with van der Waals surface area (Å²) in [6, 6.07) is -0.389. The summed E-state index contributed by atoms with van der Waals surface area (Å²) in [5.41, 5.74) is -0.674. The standard InChI is InChI=1S/C20H28F2N4O4/c1-20(29)8-2-3-15(20)26-16-11(9-14(17(26)28)30-18(21)22)10-23-19(25-16)24-12-4-6-13(27)7-5-12/h9-10,12-13,15,17-18,27-29H,2-8H2,1H3,(H,23,24,25)/t12?,13?,15-,17?,20-/m1/s1. The summed E-state index contributed by atoms with van der Waals surface area (Å²) in [5.74, 6) is 0.423. The maximum absolute atomic E-state index is 12.9. The molecule has 10 heteroatoms. The minimum atomic E-state index is -3.08. The Kier molecular flexibility index (Phi) is 5.82. The first-order valence-corrected chi connectivity index (χ1v) is 10.4. The highest BCUT2D eigenvalue weighted by molar-refractivity contribution is 5.71. The Morgan fingerprint density at radius 1 is 1.23 bits per heavy atom. The van der Waals surface area contributed by atoms with Gasteiger partial charge < -0.3 is 30.3 Å². The van der Waals surface area contributed by atoms with E-state index in [1.165, 1.54) is 17.2 Å². The Bertz CT molecular complexity index is 799. The highest BCUT2D eigenvalue weighted by Gasteiger charge is 2.46. The van der Waals surface area contributed by atoms with Crippen LogP contribution in [0.2, 0.25) is 0 Å². The van der Waals surface area contributed by atoms with Crippen LogP contribution < -0.4 is 10.2 Å². The molecule has 2 aliphatic carbocycles. The number of nitrogens with one attached hydrogen (secondary N) is 1. The number of ether oxygens (including phenoxy) is 1. The number of alkyl halides is 2. The monoisotopic (exact) mass is 426 g/mol. The van der Waals surface area contributed by atoms with Gasteiger partial charge in [0.2, 0.25) is 5.95 Å². The third-order valence-electron chi connectivity index (χ3n) is 6.33. The summed E-state index contributed by atoms with van der Waals surface area (Å²) in [5, 5.41) is 34.6. The number of hydrogen-bond donors (Lipinski definition) is 4. The molecule has 2 fully saturated rings. The van der Waals surface area contributed by atoms with Gasteiger partial charge in [0.1, 0.15) is 5.82 Å². The fraction of sp³-hybridized carbons (Fsp3) is 0.700. The molecule has 1 unspecified atom stereocenters. The second-order valence-corrected chi connectivity index (χ2v) is 8.59. The molecule has 0 radical (unpaired) electrons. The van der Waals surface area contributed by atoms with Crippen LogP contribution in [-0.2, 0) is 4.74 Å². The van der Waals surface area contributed by atoms with Crippen molar-refractivity contribution in [3.8, 4) is 0 Å². The summed E-state index contributed by atoms with van der Waals surface area (Å²) in [6.45, 7) is -1.40. The Hall–Kier alpha value is -2.04. The van der Waals surface area contributed by atoms with Gasteiger partial charge in [0.15, 0.2) is 12.0 Å². The topological polar surface area (TPSA) is 111 Å². The molecule has 2 heterocycles. The Morgan fingerprint density at radius 3 is 2.60 bits per heavy atom. The molecule has 0 saturated heterocycles. The van der Waals surface area contributed by atoms with E-state index in [1.54, 1.807) is 6.92 Å². The summed E-state index contributed by atoms with van der Waals surface area (Å²) in [6.07, 6.45) is 5.89. The van der Waals surface area contributed by atoms with Crippen LogP contribution in [0.3, 0.4) is 0 Å². The fourth-order valence-corrected chi connectivity index (χ4v) is 4.73. The van der Waals surface area contributed by atoms with Gasteiger partial charge >= 0.3 is 6.61 Å². The zero-order valence-electron chi connectivity index (χ0n) is 16.8. The molecule has 0 aromatic carbocycles. The van der Waals surface area contributed by atoms with Crippen molar-refractivity contribution >= 4 is 17.8 Å². The molecule has 3 atom stereocenters. The minimum Gasteiger partial charge on any atom is -0.434 e. The van der Waals surface area contributed by atoms with Crippen LogP contribution in [0.5, 0.6) is 0 Å². The number of halogens is 2. The number of aliphatic hydroxyl groups is 3. The molecule has 2 saturated carbocycles.